The molecular weight excluding hydrogens is 236 g/mol. The molecule has 2 rings (SSSR count). The Bertz CT molecular complexity index is 231. The first-order valence-corrected chi connectivity index (χ1v) is 8.26. The standard InChI is InChI=1S/C16H32N2O/c1-14(2)16-5-9-18(10-6-16)11-12-19-13-15-3-7-17-8-4-15/h14-17H,3-13H2,1-2H3. The summed E-state index contributed by atoms with van der Waals surface area (Å²) in [5.74, 6) is 2.61. The molecule has 2 heterocycles. The van der Waals surface area contributed by atoms with Gasteiger partial charge in [-0.25, -0.2) is 0 Å². The van der Waals surface area contributed by atoms with Crippen LogP contribution in [0.4, 0.5) is 0 Å². The second-order valence-electron chi connectivity index (χ2n) is 6.69. The minimum absolute atomic E-state index is 0.799. The molecule has 2 fully saturated rings. The van der Waals surface area contributed by atoms with Crippen LogP contribution in [0.1, 0.15) is 39.5 Å². The molecule has 112 valence electrons. The van der Waals surface area contributed by atoms with Crippen molar-refractivity contribution < 1.29 is 4.74 Å². The zero-order valence-electron chi connectivity index (χ0n) is 12.9. The number of ether oxygens (including phenoxy) is 1. The summed E-state index contributed by atoms with van der Waals surface area (Å²) in [5.41, 5.74) is 0. The third-order valence-electron chi connectivity index (χ3n) is 4.94. The predicted octanol–water partition coefficient (Wildman–Crippen LogP) is 2.37. The summed E-state index contributed by atoms with van der Waals surface area (Å²) in [6, 6.07) is 0. The van der Waals surface area contributed by atoms with Crippen molar-refractivity contribution in [2.75, 3.05) is 45.9 Å². The lowest BCUT2D eigenvalue weighted by molar-refractivity contribution is 0.0574. The first-order valence-electron chi connectivity index (χ1n) is 8.26. The van der Waals surface area contributed by atoms with Crippen molar-refractivity contribution in [2.45, 2.75) is 39.5 Å². The molecule has 3 nitrogen and oxygen atoms in total. The maximum Gasteiger partial charge on any atom is 0.0593 e. The van der Waals surface area contributed by atoms with Gasteiger partial charge in [-0.3, -0.25) is 0 Å². The van der Waals surface area contributed by atoms with E-state index in [1.807, 2.05) is 0 Å². The van der Waals surface area contributed by atoms with Gasteiger partial charge < -0.3 is 15.0 Å². The molecule has 0 aromatic heterocycles. The number of hydrogen-bond donors (Lipinski definition) is 1. The summed E-state index contributed by atoms with van der Waals surface area (Å²) in [4.78, 5) is 2.58. The second kappa shape index (κ2) is 8.23. The summed E-state index contributed by atoms with van der Waals surface area (Å²) in [6.45, 7) is 12.7. The molecule has 0 spiro atoms. The fourth-order valence-electron chi connectivity index (χ4n) is 3.34. The molecule has 2 aliphatic rings. The van der Waals surface area contributed by atoms with Crippen LogP contribution in [-0.4, -0.2) is 50.8 Å². The Balaban J connectivity index is 1.49. The number of piperidine rings is 2. The Hall–Kier alpha value is -0.120. The van der Waals surface area contributed by atoms with Gasteiger partial charge >= 0.3 is 0 Å². The van der Waals surface area contributed by atoms with Crippen molar-refractivity contribution in [3.63, 3.8) is 0 Å². The van der Waals surface area contributed by atoms with Crippen molar-refractivity contribution in [3.05, 3.63) is 0 Å². The molecule has 2 saturated heterocycles. The monoisotopic (exact) mass is 268 g/mol. The Labute approximate surface area is 119 Å². The normalized spacial score (nSPS) is 24.2. The second-order valence-corrected chi connectivity index (χ2v) is 6.69. The molecule has 0 radical (unpaired) electrons. The maximum atomic E-state index is 5.88. The molecule has 0 saturated carbocycles. The van der Waals surface area contributed by atoms with Crippen LogP contribution in [-0.2, 0) is 4.74 Å². The molecule has 0 aromatic carbocycles. The quantitative estimate of drug-likeness (QED) is 0.749. The SMILES string of the molecule is CC(C)C1CCN(CCOCC2CCNCC2)CC1. The van der Waals surface area contributed by atoms with Crippen LogP contribution >= 0.6 is 0 Å². The number of nitrogens with zero attached hydrogens (tertiary/aromatic N) is 1. The zero-order chi connectivity index (χ0) is 13.5. The van der Waals surface area contributed by atoms with E-state index in [9.17, 15) is 0 Å². The van der Waals surface area contributed by atoms with Gasteiger partial charge in [0.05, 0.1) is 6.61 Å². The van der Waals surface area contributed by atoms with E-state index in [0.29, 0.717) is 0 Å². The first-order chi connectivity index (χ1) is 9.25. The lowest BCUT2D eigenvalue weighted by Gasteiger charge is -2.33. The van der Waals surface area contributed by atoms with E-state index in [4.69, 9.17) is 4.74 Å². The average molecular weight is 268 g/mol. The summed E-state index contributed by atoms with van der Waals surface area (Å²) in [6.07, 6.45) is 5.34. The highest BCUT2D eigenvalue weighted by Gasteiger charge is 2.21. The van der Waals surface area contributed by atoms with Crippen LogP contribution in [0.5, 0.6) is 0 Å². The van der Waals surface area contributed by atoms with Gasteiger partial charge in [0, 0.05) is 13.2 Å². The smallest absolute Gasteiger partial charge is 0.0593 e. The Morgan fingerprint density at radius 2 is 1.79 bits per heavy atom. The highest BCUT2D eigenvalue weighted by atomic mass is 16.5. The van der Waals surface area contributed by atoms with Crippen molar-refractivity contribution in [2.24, 2.45) is 17.8 Å². The van der Waals surface area contributed by atoms with Gasteiger partial charge in [-0.05, 0) is 69.6 Å². The summed E-state index contributed by atoms with van der Waals surface area (Å²) in [7, 11) is 0. The molecule has 0 atom stereocenters. The largest absolute Gasteiger partial charge is 0.380 e. The lowest BCUT2D eigenvalue weighted by Crippen LogP contribution is -2.37. The number of likely N-dealkylation sites (tertiary alicyclic amines) is 1. The zero-order valence-corrected chi connectivity index (χ0v) is 12.9. The molecule has 0 unspecified atom stereocenters. The fraction of sp³-hybridized carbons (Fsp3) is 1.00. The van der Waals surface area contributed by atoms with Crippen molar-refractivity contribution in [1.82, 2.24) is 10.2 Å². The van der Waals surface area contributed by atoms with Gasteiger partial charge in [0.2, 0.25) is 0 Å². The van der Waals surface area contributed by atoms with Gasteiger partial charge in [-0.15, -0.1) is 0 Å². The van der Waals surface area contributed by atoms with Gasteiger partial charge in [-0.1, -0.05) is 13.8 Å². The van der Waals surface area contributed by atoms with Gasteiger partial charge in [0.1, 0.15) is 0 Å². The summed E-state index contributed by atoms with van der Waals surface area (Å²) < 4.78 is 5.88. The number of hydrogen-bond acceptors (Lipinski definition) is 3. The van der Waals surface area contributed by atoms with E-state index in [1.54, 1.807) is 0 Å². The minimum Gasteiger partial charge on any atom is -0.380 e. The first kappa shape index (κ1) is 15.3. The Morgan fingerprint density at radius 1 is 1.11 bits per heavy atom. The highest BCUT2D eigenvalue weighted by molar-refractivity contribution is 4.74. The van der Waals surface area contributed by atoms with E-state index in [-0.39, 0.29) is 0 Å². The molecule has 19 heavy (non-hydrogen) atoms. The molecule has 0 bridgehead atoms. The molecule has 0 aromatic rings. The summed E-state index contributed by atoms with van der Waals surface area (Å²) >= 11 is 0. The van der Waals surface area contributed by atoms with Crippen LogP contribution in [0, 0.1) is 17.8 Å². The topological polar surface area (TPSA) is 24.5 Å². The Morgan fingerprint density at radius 3 is 2.42 bits per heavy atom. The van der Waals surface area contributed by atoms with Crippen LogP contribution in [0.2, 0.25) is 0 Å². The van der Waals surface area contributed by atoms with E-state index >= 15 is 0 Å². The minimum atomic E-state index is 0.799. The van der Waals surface area contributed by atoms with Crippen LogP contribution in [0.15, 0.2) is 0 Å². The van der Waals surface area contributed by atoms with Crippen molar-refractivity contribution in [1.29, 1.82) is 0 Å². The lowest BCUT2D eigenvalue weighted by atomic mass is 9.87. The van der Waals surface area contributed by atoms with Gasteiger partial charge in [-0.2, -0.15) is 0 Å². The molecule has 3 heteroatoms. The highest BCUT2D eigenvalue weighted by Crippen LogP contribution is 2.24. The molecule has 1 N–H and O–H groups in total. The van der Waals surface area contributed by atoms with Gasteiger partial charge in [0.15, 0.2) is 0 Å². The van der Waals surface area contributed by atoms with Crippen molar-refractivity contribution >= 4 is 0 Å². The predicted molar refractivity (Wildman–Crippen MR) is 80.4 cm³/mol. The number of rotatable bonds is 6. The molecule has 0 aliphatic carbocycles. The van der Waals surface area contributed by atoms with E-state index in [1.165, 1.54) is 51.9 Å². The average Bonchev–Trinajstić information content (AvgIpc) is 2.45. The van der Waals surface area contributed by atoms with E-state index in [0.717, 1.165) is 37.5 Å². The fourth-order valence-corrected chi connectivity index (χ4v) is 3.34. The number of nitrogens with one attached hydrogen (secondary N) is 1. The van der Waals surface area contributed by atoms with E-state index in [2.05, 4.69) is 24.1 Å². The van der Waals surface area contributed by atoms with Gasteiger partial charge in [0.25, 0.3) is 0 Å². The maximum absolute atomic E-state index is 5.88. The molecule has 2 aliphatic heterocycles. The molecular formula is C16H32N2O. The van der Waals surface area contributed by atoms with E-state index < -0.39 is 0 Å². The Kier molecular flexibility index (Phi) is 6.62. The third-order valence-corrected chi connectivity index (χ3v) is 4.94. The van der Waals surface area contributed by atoms with Crippen LogP contribution < -0.4 is 5.32 Å². The third kappa shape index (κ3) is 5.41. The van der Waals surface area contributed by atoms with Crippen LogP contribution in [0.3, 0.4) is 0 Å². The van der Waals surface area contributed by atoms with Crippen LogP contribution in [0.25, 0.3) is 0 Å². The van der Waals surface area contributed by atoms with Crippen molar-refractivity contribution in [3.8, 4) is 0 Å². The summed E-state index contributed by atoms with van der Waals surface area (Å²) in [5, 5.41) is 3.41. The molecule has 0 amide bonds.